The van der Waals surface area contributed by atoms with Crippen molar-refractivity contribution in [2.24, 2.45) is 11.7 Å². The van der Waals surface area contributed by atoms with Crippen molar-refractivity contribution in [3.05, 3.63) is 33.3 Å². The van der Waals surface area contributed by atoms with E-state index in [0.717, 1.165) is 9.50 Å². The molecule has 2 rings (SSSR count). The summed E-state index contributed by atoms with van der Waals surface area (Å²) in [6.45, 7) is 0. The number of nitrogens with two attached hydrogens (primary N) is 1. The van der Waals surface area contributed by atoms with Crippen LogP contribution >= 0.6 is 27.5 Å². The molecule has 1 aliphatic rings. The van der Waals surface area contributed by atoms with Gasteiger partial charge < -0.3 is 5.73 Å². The monoisotopic (exact) mass is 273 g/mol. The predicted octanol–water partition coefficient (Wildman–Crippen LogP) is 3.90. The number of rotatable bonds is 2. The largest absolute Gasteiger partial charge is 0.324 e. The minimum Gasteiger partial charge on any atom is -0.324 e. The van der Waals surface area contributed by atoms with E-state index >= 15 is 0 Å². The van der Waals surface area contributed by atoms with Gasteiger partial charge in [0, 0.05) is 15.5 Å². The molecule has 1 fully saturated rings. The van der Waals surface area contributed by atoms with Gasteiger partial charge in [0.25, 0.3) is 0 Å². The molecule has 2 N–H and O–H groups in total. The van der Waals surface area contributed by atoms with E-state index < -0.39 is 0 Å². The Morgan fingerprint density at radius 3 is 2.64 bits per heavy atom. The van der Waals surface area contributed by atoms with Gasteiger partial charge in [-0.25, -0.2) is 0 Å². The molecule has 76 valence electrons. The van der Waals surface area contributed by atoms with Gasteiger partial charge in [0.2, 0.25) is 0 Å². The van der Waals surface area contributed by atoms with E-state index in [2.05, 4.69) is 15.9 Å². The molecule has 0 heterocycles. The maximum Gasteiger partial charge on any atom is 0.0417 e. The van der Waals surface area contributed by atoms with Crippen molar-refractivity contribution < 1.29 is 0 Å². The molecule has 1 aromatic carbocycles. The Labute approximate surface area is 97.8 Å². The summed E-state index contributed by atoms with van der Waals surface area (Å²) in [5.41, 5.74) is 7.36. The van der Waals surface area contributed by atoms with Crippen molar-refractivity contribution in [2.75, 3.05) is 0 Å². The summed E-state index contributed by atoms with van der Waals surface area (Å²) >= 11 is 9.38. The van der Waals surface area contributed by atoms with Crippen molar-refractivity contribution >= 4 is 27.5 Å². The molecular formula is C11H13BrClN. The summed E-state index contributed by atoms with van der Waals surface area (Å²) in [5.74, 6) is 0.660. The van der Waals surface area contributed by atoms with Gasteiger partial charge in [-0.15, -0.1) is 0 Å². The number of halogens is 2. The van der Waals surface area contributed by atoms with E-state index in [1.165, 1.54) is 24.8 Å². The van der Waals surface area contributed by atoms with Crippen LogP contribution in [0.2, 0.25) is 5.02 Å². The Balaban J connectivity index is 2.22. The first-order valence-electron chi connectivity index (χ1n) is 4.89. The van der Waals surface area contributed by atoms with E-state index in [1.807, 2.05) is 18.2 Å². The first-order valence-corrected chi connectivity index (χ1v) is 6.06. The van der Waals surface area contributed by atoms with Crippen molar-refractivity contribution in [3.63, 3.8) is 0 Å². The molecule has 0 amide bonds. The average molecular weight is 275 g/mol. The number of hydrogen-bond acceptors (Lipinski definition) is 1. The van der Waals surface area contributed by atoms with Crippen LogP contribution in [0.4, 0.5) is 0 Å². The molecular weight excluding hydrogens is 261 g/mol. The van der Waals surface area contributed by atoms with E-state index in [0.29, 0.717) is 5.92 Å². The molecule has 1 saturated carbocycles. The zero-order valence-electron chi connectivity index (χ0n) is 7.84. The molecule has 0 bridgehead atoms. The normalized spacial score (nSPS) is 19.1. The van der Waals surface area contributed by atoms with Gasteiger partial charge in [0.15, 0.2) is 0 Å². The highest BCUT2D eigenvalue weighted by molar-refractivity contribution is 9.10. The van der Waals surface area contributed by atoms with Crippen LogP contribution in [0.3, 0.4) is 0 Å². The first kappa shape index (κ1) is 10.5. The van der Waals surface area contributed by atoms with E-state index in [1.54, 1.807) is 0 Å². The molecule has 0 saturated heterocycles. The van der Waals surface area contributed by atoms with Crippen LogP contribution in [-0.4, -0.2) is 0 Å². The minimum atomic E-state index is 0.162. The summed E-state index contributed by atoms with van der Waals surface area (Å²) in [6, 6.07) is 6.00. The van der Waals surface area contributed by atoms with Gasteiger partial charge in [-0.3, -0.25) is 0 Å². The summed E-state index contributed by atoms with van der Waals surface area (Å²) in [7, 11) is 0. The number of benzene rings is 1. The van der Waals surface area contributed by atoms with Gasteiger partial charge in [0.1, 0.15) is 0 Å². The highest BCUT2D eigenvalue weighted by Crippen LogP contribution is 2.38. The van der Waals surface area contributed by atoms with Crippen LogP contribution in [-0.2, 0) is 0 Å². The third kappa shape index (κ3) is 1.97. The molecule has 1 atom stereocenters. The zero-order chi connectivity index (χ0) is 10.1. The third-order valence-corrected chi connectivity index (χ3v) is 3.90. The van der Waals surface area contributed by atoms with Crippen molar-refractivity contribution in [1.82, 2.24) is 0 Å². The average Bonchev–Trinajstić information content (AvgIpc) is 2.00. The Morgan fingerprint density at radius 1 is 1.43 bits per heavy atom. The molecule has 14 heavy (non-hydrogen) atoms. The molecule has 0 radical (unpaired) electrons. The Bertz CT molecular complexity index is 336. The van der Waals surface area contributed by atoms with Crippen molar-refractivity contribution in [2.45, 2.75) is 25.3 Å². The SMILES string of the molecule is N[C@H](c1ccc(Cl)cc1Br)C1CCC1. The third-order valence-electron chi connectivity index (χ3n) is 2.98. The van der Waals surface area contributed by atoms with Crippen molar-refractivity contribution in [1.29, 1.82) is 0 Å². The van der Waals surface area contributed by atoms with E-state index in [-0.39, 0.29) is 6.04 Å². The van der Waals surface area contributed by atoms with Gasteiger partial charge in [-0.05, 0) is 36.5 Å². The molecule has 0 aliphatic heterocycles. The predicted molar refractivity (Wildman–Crippen MR) is 63.4 cm³/mol. The van der Waals surface area contributed by atoms with Crippen LogP contribution in [0.1, 0.15) is 30.9 Å². The number of hydrogen-bond donors (Lipinski definition) is 1. The highest BCUT2D eigenvalue weighted by Gasteiger charge is 2.26. The Hall–Kier alpha value is -0.0500. The Kier molecular flexibility index (Phi) is 3.15. The van der Waals surface area contributed by atoms with Crippen LogP contribution in [0.5, 0.6) is 0 Å². The second-order valence-electron chi connectivity index (χ2n) is 3.88. The smallest absolute Gasteiger partial charge is 0.0417 e. The zero-order valence-corrected chi connectivity index (χ0v) is 10.2. The second-order valence-corrected chi connectivity index (χ2v) is 5.17. The van der Waals surface area contributed by atoms with E-state index in [9.17, 15) is 0 Å². The fourth-order valence-electron chi connectivity index (χ4n) is 1.82. The van der Waals surface area contributed by atoms with Crippen molar-refractivity contribution in [3.8, 4) is 0 Å². The van der Waals surface area contributed by atoms with Crippen LogP contribution in [0.25, 0.3) is 0 Å². The fraction of sp³-hybridized carbons (Fsp3) is 0.455. The maximum atomic E-state index is 6.18. The summed E-state index contributed by atoms with van der Waals surface area (Å²) in [5, 5.41) is 0.751. The summed E-state index contributed by atoms with van der Waals surface area (Å²) < 4.78 is 1.03. The van der Waals surface area contributed by atoms with Crippen LogP contribution in [0.15, 0.2) is 22.7 Å². The molecule has 1 nitrogen and oxygen atoms in total. The topological polar surface area (TPSA) is 26.0 Å². The molecule has 3 heteroatoms. The van der Waals surface area contributed by atoms with Gasteiger partial charge in [-0.1, -0.05) is 40.0 Å². The standard InChI is InChI=1S/C11H13BrClN/c12-10-6-8(13)4-5-9(10)11(14)7-2-1-3-7/h4-7,11H,1-3,14H2/t11-/m0/s1. The quantitative estimate of drug-likeness (QED) is 0.869. The summed E-state index contributed by atoms with van der Waals surface area (Å²) in [4.78, 5) is 0. The lowest BCUT2D eigenvalue weighted by Crippen LogP contribution is -2.27. The first-order chi connectivity index (χ1) is 6.68. The molecule has 1 aromatic rings. The van der Waals surface area contributed by atoms with E-state index in [4.69, 9.17) is 17.3 Å². The lowest BCUT2D eigenvalue weighted by atomic mass is 9.78. The molecule has 0 spiro atoms. The fourth-order valence-corrected chi connectivity index (χ4v) is 2.77. The second kappa shape index (κ2) is 4.21. The Morgan fingerprint density at radius 2 is 2.14 bits per heavy atom. The van der Waals surface area contributed by atoms with Gasteiger partial charge in [-0.2, -0.15) is 0 Å². The summed E-state index contributed by atoms with van der Waals surface area (Å²) in [6.07, 6.45) is 3.84. The highest BCUT2D eigenvalue weighted by atomic mass is 79.9. The molecule has 0 aromatic heterocycles. The van der Waals surface area contributed by atoms with Gasteiger partial charge in [0.05, 0.1) is 0 Å². The van der Waals surface area contributed by atoms with Crippen LogP contribution in [0, 0.1) is 5.92 Å². The maximum absolute atomic E-state index is 6.18. The minimum absolute atomic E-state index is 0.162. The molecule has 0 unspecified atom stereocenters. The molecule has 1 aliphatic carbocycles. The lowest BCUT2D eigenvalue weighted by molar-refractivity contribution is 0.264. The lowest BCUT2D eigenvalue weighted by Gasteiger charge is -2.32. The van der Waals surface area contributed by atoms with Crippen LogP contribution < -0.4 is 5.73 Å². The van der Waals surface area contributed by atoms with Gasteiger partial charge >= 0.3 is 0 Å².